The highest BCUT2D eigenvalue weighted by molar-refractivity contribution is 7.80. The molecule has 0 bridgehead atoms. The van der Waals surface area contributed by atoms with E-state index in [0.717, 1.165) is 12.3 Å². The van der Waals surface area contributed by atoms with Gasteiger partial charge in [-0.3, -0.25) is 9.69 Å². The normalized spacial score (nSPS) is 20.6. The molecule has 0 aliphatic carbocycles. The van der Waals surface area contributed by atoms with E-state index in [1.165, 1.54) is 11.0 Å². The molecule has 0 aromatic carbocycles. The van der Waals surface area contributed by atoms with E-state index in [0.29, 0.717) is 18.7 Å². The highest BCUT2D eigenvalue weighted by atomic mass is 32.1. The molecule has 1 aliphatic heterocycles. The number of hydrogen-bond donors (Lipinski definition) is 1. The summed E-state index contributed by atoms with van der Waals surface area (Å²) in [4.78, 5) is 16.8. The highest BCUT2D eigenvalue weighted by Crippen LogP contribution is 2.30. The summed E-state index contributed by atoms with van der Waals surface area (Å²) < 4.78 is 37.1. The monoisotopic (exact) mass is 276 g/mol. The molecule has 1 aromatic heterocycles. The summed E-state index contributed by atoms with van der Waals surface area (Å²) in [7, 11) is 0. The van der Waals surface area contributed by atoms with E-state index < -0.39 is 11.7 Å². The van der Waals surface area contributed by atoms with Gasteiger partial charge in [-0.2, -0.15) is 25.8 Å². The number of anilines is 1. The van der Waals surface area contributed by atoms with Gasteiger partial charge in [-0.05, 0) is 23.8 Å². The van der Waals surface area contributed by atoms with E-state index in [1.807, 2.05) is 0 Å². The fourth-order valence-electron chi connectivity index (χ4n) is 1.84. The first-order valence-corrected chi connectivity index (χ1v) is 5.99. The van der Waals surface area contributed by atoms with Crippen LogP contribution in [0.1, 0.15) is 12.0 Å². The van der Waals surface area contributed by atoms with Crippen molar-refractivity contribution in [2.45, 2.75) is 12.6 Å². The van der Waals surface area contributed by atoms with Gasteiger partial charge in [0, 0.05) is 19.2 Å². The standard InChI is InChI=1S/C11H11F3N2OS/c12-11(13,14)8-1-2-9(15-4-8)16-5-7(6-18)3-10(16)17/h1-2,4,7,18H,3,5-6H2. The van der Waals surface area contributed by atoms with Crippen LogP contribution in [-0.4, -0.2) is 23.2 Å². The van der Waals surface area contributed by atoms with Crippen molar-refractivity contribution in [3.63, 3.8) is 0 Å². The van der Waals surface area contributed by atoms with Gasteiger partial charge in [0.1, 0.15) is 5.82 Å². The Morgan fingerprint density at radius 1 is 1.44 bits per heavy atom. The molecule has 1 amide bonds. The van der Waals surface area contributed by atoms with Gasteiger partial charge in [0.2, 0.25) is 5.91 Å². The number of amides is 1. The molecule has 1 atom stereocenters. The van der Waals surface area contributed by atoms with E-state index in [-0.39, 0.29) is 17.6 Å². The number of pyridine rings is 1. The molecule has 1 aromatic rings. The molecule has 0 saturated carbocycles. The smallest absolute Gasteiger partial charge is 0.297 e. The minimum atomic E-state index is -4.41. The second-order valence-corrected chi connectivity index (χ2v) is 4.53. The Kier molecular flexibility index (Phi) is 3.52. The van der Waals surface area contributed by atoms with E-state index >= 15 is 0 Å². The van der Waals surface area contributed by atoms with Crippen LogP contribution in [0.2, 0.25) is 0 Å². The Hall–Kier alpha value is -1.24. The number of nitrogens with zero attached hydrogens (tertiary/aromatic N) is 2. The molecule has 0 N–H and O–H groups in total. The fourth-order valence-corrected chi connectivity index (χ4v) is 2.08. The summed E-state index contributed by atoms with van der Waals surface area (Å²) in [6.07, 6.45) is -3.29. The quantitative estimate of drug-likeness (QED) is 0.841. The van der Waals surface area contributed by atoms with Crippen LogP contribution in [0.25, 0.3) is 0 Å². The maximum absolute atomic E-state index is 12.4. The third-order valence-electron chi connectivity index (χ3n) is 2.82. The first kappa shape index (κ1) is 13.2. The Morgan fingerprint density at radius 2 is 2.17 bits per heavy atom. The Labute approximate surface area is 107 Å². The average molecular weight is 276 g/mol. The molecule has 18 heavy (non-hydrogen) atoms. The van der Waals surface area contributed by atoms with E-state index in [9.17, 15) is 18.0 Å². The first-order chi connectivity index (χ1) is 8.41. The maximum atomic E-state index is 12.4. The lowest BCUT2D eigenvalue weighted by Gasteiger charge is -2.16. The van der Waals surface area contributed by atoms with E-state index in [4.69, 9.17) is 0 Å². The zero-order valence-electron chi connectivity index (χ0n) is 9.31. The molecule has 2 rings (SSSR count). The second kappa shape index (κ2) is 4.79. The van der Waals surface area contributed by atoms with Gasteiger partial charge in [0.05, 0.1) is 5.56 Å². The van der Waals surface area contributed by atoms with Crippen molar-refractivity contribution in [3.8, 4) is 0 Å². The zero-order valence-corrected chi connectivity index (χ0v) is 10.2. The molecule has 0 spiro atoms. The number of halogens is 3. The molecule has 1 fully saturated rings. The molecule has 1 unspecified atom stereocenters. The van der Waals surface area contributed by atoms with Crippen LogP contribution >= 0.6 is 12.6 Å². The zero-order chi connectivity index (χ0) is 13.3. The lowest BCUT2D eigenvalue weighted by molar-refractivity contribution is -0.137. The Morgan fingerprint density at radius 3 is 2.61 bits per heavy atom. The van der Waals surface area contributed by atoms with Crippen LogP contribution in [0.15, 0.2) is 18.3 Å². The van der Waals surface area contributed by atoms with Crippen LogP contribution in [0.3, 0.4) is 0 Å². The van der Waals surface area contributed by atoms with Gasteiger partial charge in [-0.1, -0.05) is 0 Å². The predicted molar refractivity (Wildman–Crippen MR) is 63.6 cm³/mol. The van der Waals surface area contributed by atoms with Crippen LogP contribution in [0.5, 0.6) is 0 Å². The summed E-state index contributed by atoms with van der Waals surface area (Å²) >= 11 is 4.12. The number of rotatable bonds is 2. The molecule has 2 heterocycles. The molecule has 0 radical (unpaired) electrons. The number of hydrogen-bond acceptors (Lipinski definition) is 3. The van der Waals surface area contributed by atoms with E-state index in [1.54, 1.807) is 0 Å². The summed E-state index contributed by atoms with van der Waals surface area (Å²) in [6.45, 7) is 0.459. The minimum Gasteiger partial charge on any atom is -0.297 e. The summed E-state index contributed by atoms with van der Waals surface area (Å²) in [5.74, 6) is 0.839. The highest BCUT2D eigenvalue weighted by Gasteiger charge is 2.33. The molecule has 7 heteroatoms. The third-order valence-corrected chi connectivity index (χ3v) is 3.33. The number of thiol groups is 1. The van der Waals surface area contributed by atoms with E-state index in [2.05, 4.69) is 17.6 Å². The van der Waals surface area contributed by atoms with Gasteiger partial charge in [-0.25, -0.2) is 4.98 Å². The summed E-state index contributed by atoms with van der Waals surface area (Å²) in [5.41, 5.74) is -0.816. The van der Waals surface area contributed by atoms with Gasteiger partial charge in [-0.15, -0.1) is 0 Å². The lowest BCUT2D eigenvalue weighted by Crippen LogP contribution is -2.25. The SMILES string of the molecule is O=C1CC(CS)CN1c1ccc(C(F)(F)F)cn1. The average Bonchev–Trinajstić information content (AvgIpc) is 2.70. The van der Waals surface area contributed by atoms with Crippen molar-refractivity contribution in [1.82, 2.24) is 4.98 Å². The number of carbonyl (C=O) groups is 1. The minimum absolute atomic E-state index is 0.124. The van der Waals surface area contributed by atoms with Crippen LogP contribution in [-0.2, 0) is 11.0 Å². The molecule has 1 saturated heterocycles. The number of aromatic nitrogens is 1. The molecule has 1 aliphatic rings. The fraction of sp³-hybridized carbons (Fsp3) is 0.455. The van der Waals surface area contributed by atoms with Crippen molar-refractivity contribution >= 4 is 24.4 Å². The largest absolute Gasteiger partial charge is 0.417 e. The van der Waals surface area contributed by atoms with Gasteiger partial charge >= 0.3 is 6.18 Å². The Bertz CT molecular complexity index is 447. The van der Waals surface area contributed by atoms with Gasteiger partial charge in [0.15, 0.2) is 0 Å². The molecule has 98 valence electrons. The molecular weight excluding hydrogens is 265 g/mol. The third kappa shape index (κ3) is 2.60. The van der Waals surface area contributed by atoms with Crippen LogP contribution < -0.4 is 4.90 Å². The maximum Gasteiger partial charge on any atom is 0.417 e. The van der Waals surface area contributed by atoms with Gasteiger partial charge in [0.25, 0.3) is 0 Å². The van der Waals surface area contributed by atoms with Crippen LogP contribution in [0.4, 0.5) is 19.0 Å². The topological polar surface area (TPSA) is 33.2 Å². The molecular formula is C11H11F3N2OS. The lowest BCUT2D eigenvalue weighted by atomic mass is 10.1. The number of carbonyl (C=O) groups excluding carboxylic acids is 1. The van der Waals surface area contributed by atoms with Crippen molar-refractivity contribution in [2.24, 2.45) is 5.92 Å². The summed E-state index contributed by atoms with van der Waals surface area (Å²) in [6, 6.07) is 2.16. The van der Waals surface area contributed by atoms with Crippen molar-refractivity contribution in [3.05, 3.63) is 23.9 Å². The molecule has 3 nitrogen and oxygen atoms in total. The van der Waals surface area contributed by atoms with Crippen molar-refractivity contribution in [2.75, 3.05) is 17.2 Å². The van der Waals surface area contributed by atoms with Crippen molar-refractivity contribution < 1.29 is 18.0 Å². The Balaban J connectivity index is 2.18. The predicted octanol–water partition coefficient (Wildman–Crippen LogP) is 2.38. The van der Waals surface area contributed by atoms with Crippen molar-refractivity contribution in [1.29, 1.82) is 0 Å². The second-order valence-electron chi connectivity index (χ2n) is 4.16. The van der Waals surface area contributed by atoms with Crippen LogP contribution in [0, 0.1) is 5.92 Å². The summed E-state index contributed by atoms with van der Waals surface area (Å²) in [5, 5.41) is 0. The first-order valence-electron chi connectivity index (χ1n) is 5.36. The van der Waals surface area contributed by atoms with Gasteiger partial charge < -0.3 is 0 Å². The number of alkyl halides is 3.